The molecule has 6 nitrogen and oxygen atoms in total. The van der Waals surface area contributed by atoms with E-state index in [1.807, 2.05) is 12.1 Å². The smallest absolute Gasteiger partial charge is 0.337 e. The van der Waals surface area contributed by atoms with Gasteiger partial charge in [0.15, 0.2) is 0 Å². The van der Waals surface area contributed by atoms with Crippen molar-refractivity contribution >= 4 is 24.3 Å². The van der Waals surface area contributed by atoms with E-state index in [1.54, 1.807) is 19.2 Å². The summed E-state index contributed by atoms with van der Waals surface area (Å²) in [4.78, 5) is 23.8. The third kappa shape index (κ3) is 4.93. The van der Waals surface area contributed by atoms with Crippen molar-refractivity contribution in [3.05, 3.63) is 35.4 Å². The Hall–Kier alpha value is -1.63. The maximum atomic E-state index is 12.4. The van der Waals surface area contributed by atoms with E-state index in [0.29, 0.717) is 31.4 Å². The molecule has 0 bridgehead atoms. The Morgan fingerprint density at radius 2 is 1.79 bits per heavy atom. The first kappa shape index (κ1) is 20.4. The number of amides is 1. The lowest BCUT2D eigenvalue weighted by Gasteiger charge is -2.34. The molecule has 0 saturated carbocycles. The molecule has 1 aliphatic rings. The Morgan fingerprint density at radius 1 is 1.17 bits per heavy atom. The van der Waals surface area contributed by atoms with Gasteiger partial charge in [0.1, 0.15) is 5.60 Å². The van der Waals surface area contributed by atoms with E-state index in [-0.39, 0.29) is 24.3 Å². The number of carbonyl (C=O) groups excluding carboxylic acids is 2. The summed E-state index contributed by atoms with van der Waals surface area (Å²) in [5.74, 6) is -0.398. The van der Waals surface area contributed by atoms with Crippen molar-refractivity contribution in [1.29, 1.82) is 0 Å². The molecule has 0 atom stereocenters. The quantitative estimate of drug-likeness (QED) is 0.752. The van der Waals surface area contributed by atoms with Crippen LogP contribution in [0.25, 0.3) is 0 Å². The highest BCUT2D eigenvalue weighted by molar-refractivity contribution is 5.89. The average Bonchev–Trinajstić information content (AvgIpc) is 2.62. The SMILES string of the molecule is COC(=O)c1ccc(CCNC(=O)C2(OC)CCNCC2)cc1.Cl. The second-order valence-electron chi connectivity index (χ2n) is 5.64. The fourth-order valence-electron chi connectivity index (χ4n) is 2.76. The zero-order valence-corrected chi connectivity index (χ0v) is 14.9. The number of halogens is 1. The number of methoxy groups -OCH3 is 2. The summed E-state index contributed by atoms with van der Waals surface area (Å²) in [6.07, 6.45) is 2.07. The van der Waals surface area contributed by atoms with Crippen LogP contribution in [-0.2, 0) is 20.7 Å². The van der Waals surface area contributed by atoms with Crippen LogP contribution >= 0.6 is 12.4 Å². The van der Waals surface area contributed by atoms with Gasteiger partial charge in [-0.2, -0.15) is 0 Å². The molecule has 1 aliphatic heterocycles. The van der Waals surface area contributed by atoms with Crippen LogP contribution in [0.5, 0.6) is 0 Å². The first-order valence-corrected chi connectivity index (χ1v) is 7.83. The molecule has 134 valence electrons. The Bertz CT molecular complexity index is 542. The minimum Gasteiger partial charge on any atom is -0.465 e. The molecular formula is C17H25ClN2O4. The van der Waals surface area contributed by atoms with Crippen LogP contribution < -0.4 is 10.6 Å². The molecular weight excluding hydrogens is 332 g/mol. The summed E-state index contributed by atoms with van der Waals surface area (Å²) in [6, 6.07) is 7.20. The Morgan fingerprint density at radius 3 is 2.33 bits per heavy atom. The summed E-state index contributed by atoms with van der Waals surface area (Å²) in [5.41, 5.74) is 0.864. The number of hydrogen-bond donors (Lipinski definition) is 2. The largest absolute Gasteiger partial charge is 0.465 e. The molecule has 0 unspecified atom stereocenters. The molecule has 1 aromatic carbocycles. The summed E-state index contributed by atoms with van der Waals surface area (Å²) in [6.45, 7) is 2.11. The van der Waals surface area contributed by atoms with Gasteiger partial charge < -0.3 is 20.1 Å². The Balaban J connectivity index is 0.00000288. The van der Waals surface area contributed by atoms with Crippen molar-refractivity contribution in [1.82, 2.24) is 10.6 Å². The summed E-state index contributed by atoms with van der Waals surface area (Å²) in [7, 11) is 2.95. The lowest BCUT2D eigenvalue weighted by atomic mass is 9.91. The van der Waals surface area contributed by atoms with E-state index in [1.165, 1.54) is 7.11 Å². The highest BCUT2D eigenvalue weighted by Crippen LogP contribution is 2.22. The predicted octanol–water partition coefficient (Wildman–Crippen LogP) is 1.32. The van der Waals surface area contributed by atoms with E-state index in [2.05, 4.69) is 15.4 Å². The van der Waals surface area contributed by atoms with Gasteiger partial charge in [-0.05, 0) is 50.0 Å². The first-order valence-electron chi connectivity index (χ1n) is 7.83. The fourth-order valence-corrected chi connectivity index (χ4v) is 2.76. The van der Waals surface area contributed by atoms with Crippen LogP contribution in [-0.4, -0.2) is 51.3 Å². The molecule has 7 heteroatoms. The van der Waals surface area contributed by atoms with Crippen molar-refractivity contribution in [2.24, 2.45) is 0 Å². The van der Waals surface area contributed by atoms with Crippen molar-refractivity contribution in [3.63, 3.8) is 0 Å². The summed E-state index contributed by atoms with van der Waals surface area (Å²) >= 11 is 0. The molecule has 1 amide bonds. The number of piperidine rings is 1. The number of benzene rings is 1. The van der Waals surface area contributed by atoms with Crippen LogP contribution in [0.2, 0.25) is 0 Å². The molecule has 1 heterocycles. The lowest BCUT2D eigenvalue weighted by molar-refractivity contribution is -0.146. The van der Waals surface area contributed by atoms with E-state index in [4.69, 9.17) is 4.74 Å². The average molecular weight is 357 g/mol. The maximum absolute atomic E-state index is 12.4. The third-order valence-corrected chi connectivity index (χ3v) is 4.29. The number of esters is 1. The van der Waals surface area contributed by atoms with Crippen LogP contribution in [0.15, 0.2) is 24.3 Å². The van der Waals surface area contributed by atoms with Crippen LogP contribution in [0.3, 0.4) is 0 Å². The lowest BCUT2D eigenvalue weighted by Crippen LogP contribution is -2.54. The summed E-state index contributed by atoms with van der Waals surface area (Å²) < 4.78 is 10.2. The topological polar surface area (TPSA) is 76.7 Å². The fraction of sp³-hybridized carbons (Fsp3) is 0.529. The van der Waals surface area contributed by atoms with E-state index in [0.717, 1.165) is 18.7 Å². The standard InChI is InChI=1S/C17H24N2O4.ClH/c1-22-15(20)14-5-3-13(4-6-14)7-10-19-16(21)17(23-2)8-11-18-12-9-17;/h3-6,18H,7-12H2,1-2H3,(H,19,21);1H. The second kappa shape index (κ2) is 9.61. The zero-order chi connectivity index (χ0) is 16.7. The van der Waals surface area contributed by atoms with E-state index in [9.17, 15) is 9.59 Å². The highest BCUT2D eigenvalue weighted by atomic mass is 35.5. The minimum atomic E-state index is -0.708. The molecule has 0 aliphatic carbocycles. The van der Waals surface area contributed by atoms with E-state index >= 15 is 0 Å². The summed E-state index contributed by atoms with van der Waals surface area (Å²) in [5, 5.41) is 6.19. The third-order valence-electron chi connectivity index (χ3n) is 4.29. The zero-order valence-electron chi connectivity index (χ0n) is 14.1. The minimum absolute atomic E-state index is 0. The number of nitrogens with one attached hydrogen (secondary N) is 2. The maximum Gasteiger partial charge on any atom is 0.337 e. The monoisotopic (exact) mass is 356 g/mol. The molecule has 2 N–H and O–H groups in total. The molecule has 0 radical (unpaired) electrons. The van der Waals surface area contributed by atoms with Crippen molar-refractivity contribution in [3.8, 4) is 0 Å². The predicted molar refractivity (Wildman–Crippen MR) is 93.6 cm³/mol. The van der Waals surface area contributed by atoms with Gasteiger partial charge in [-0.1, -0.05) is 12.1 Å². The molecule has 24 heavy (non-hydrogen) atoms. The number of rotatable bonds is 6. The van der Waals surface area contributed by atoms with Gasteiger partial charge in [-0.15, -0.1) is 12.4 Å². The van der Waals surface area contributed by atoms with Gasteiger partial charge in [0.05, 0.1) is 12.7 Å². The number of carbonyl (C=O) groups is 2. The van der Waals surface area contributed by atoms with Gasteiger partial charge in [-0.3, -0.25) is 4.79 Å². The van der Waals surface area contributed by atoms with Gasteiger partial charge in [0.25, 0.3) is 5.91 Å². The molecule has 2 rings (SSSR count). The second-order valence-corrected chi connectivity index (χ2v) is 5.64. The van der Waals surface area contributed by atoms with Gasteiger partial charge in [-0.25, -0.2) is 4.79 Å². The van der Waals surface area contributed by atoms with Crippen LogP contribution in [0, 0.1) is 0 Å². The molecule has 1 saturated heterocycles. The van der Waals surface area contributed by atoms with Gasteiger partial charge >= 0.3 is 5.97 Å². The van der Waals surface area contributed by atoms with E-state index < -0.39 is 5.60 Å². The molecule has 0 spiro atoms. The molecule has 1 fully saturated rings. The highest BCUT2D eigenvalue weighted by Gasteiger charge is 2.39. The number of hydrogen-bond acceptors (Lipinski definition) is 5. The van der Waals surface area contributed by atoms with Gasteiger partial charge in [0, 0.05) is 13.7 Å². The normalized spacial score (nSPS) is 15.9. The van der Waals surface area contributed by atoms with Crippen molar-refractivity contribution < 1.29 is 19.1 Å². The first-order chi connectivity index (χ1) is 11.1. The Labute approximate surface area is 148 Å². The van der Waals surface area contributed by atoms with Crippen LogP contribution in [0.1, 0.15) is 28.8 Å². The van der Waals surface area contributed by atoms with Gasteiger partial charge in [0.2, 0.25) is 0 Å². The number of ether oxygens (including phenoxy) is 2. The van der Waals surface area contributed by atoms with Crippen molar-refractivity contribution in [2.45, 2.75) is 24.9 Å². The molecule has 1 aromatic rings. The Kier molecular flexibility index (Phi) is 8.18. The molecule has 0 aromatic heterocycles. The van der Waals surface area contributed by atoms with Crippen molar-refractivity contribution in [2.75, 3.05) is 33.9 Å². The van der Waals surface area contributed by atoms with Crippen LogP contribution in [0.4, 0.5) is 0 Å².